The molecular weight excluding hydrogens is 262 g/mol. The lowest BCUT2D eigenvalue weighted by atomic mass is 10.3. The molecule has 100 valence electrons. The van der Waals surface area contributed by atoms with E-state index < -0.39 is 0 Å². The van der Waals surface area contributed by atoms with Crippen LogP contribution in [0.5, 0.6) is 5.75 Å². The van der Waals surface area contributed by atoms with E-state index in [-0.39, 0.29) is 5.56 Å². The number of hydrogen-bond donors (Lipinski definition) is 2. The van der Waals surface area contributed by atoms with Crippen LogP contribution in [0.25, 0.3) is 0 Å². The summed E-state index contributed by atoms with van der Waals surface area (Å²) in [6.07, 6.45) is 0. The Hall–Kier alpha value is -1.95. The van der Waals surface area contributed by atoms with Crippen LogP contribution >= 0.6 is 11.8 Å². The normalized spacial score (nSPS) is 10.4. The molecule has 1 heterocycles. The molecule has 2 aromatic rings. The first-order chi connectivity index (χ1) is 9.06. The van der Waals surface area contributed by atoms with E-state index >= 15 is 0 Å². The molecule has 0 radical (unpaired) electrons. The smallest absolute Gasteiger partial charge is 0.251 e. The summed E-state index contributed by atoms with van der Waals surface area (Å²) >= 11 is 1.34. The first-order valence-corrected chi connectivity index (χ1v) is 6.67. The van der Waals surface area contributed by atoms with Gasteiger partial charge in [0.2, 0.25) is 0 Å². The minimum Gasteiger partial charge on any atom is -0.494 e. The lowest BCUT2D eigenvalue weighted by Crippen LogP contribution is -2.07. The van der Waals surface area contributed by atoms with Crippen molar-refractivity contribution in [3.05, 3.63) is 40.3 Å². The molecule has 1 aromatic heterocycles. The number of benzene rings is 1. The number of nitrogen functional groups attached to an aromatic ring is 1. The Morgan fingerprint density at radius 3 is 2.84 bits per heavy atom. The molecular formula is C13H15N3O2S. The molecule has 3 N–H and O–H groups in total. The zero-order valence-electron chi connectivity index (χ0n) is 10.8. The molecule has 6 heteroatoms. The molecule has 1 aromatic carbocycles. The van der Waals surface area contributed by atoms with Gasteiger partial charge in [-0.25, -0.2) is 4.98 Å². The molecule has 2 rings (SSSR count). The summed E-state index contributed by atoms with van der Waals surface area (Å²) in [4.78, 5) is 19.2. The Bertz CT molecular complexity index is 640. The van der Waals surface area contributed by atoms with E-state index in [4.69, 9.17) is 10.5 Å². The average molecular weight is 277 g/mol. The number of aryl methyl sites for hydroxylation is 1. The number of nitrogens with two attached hydrogens (primary N) is 1. The van der Waals surface area contributed by atoms with Crippen molar-refractivity contribution in [2.24, 2.45) is 0 Å². The third-order valence-corrected chi connectivity index (χ3v) is 3.13. The summed E-state index contributed by atoms with van der Waals surface area (Å²) in [6.45, 7) is 4.27. The third-order valence-electron chi connectivity index (χ3n) is 2.28. The molecule has 5 nitrogen and oxygen atoms in total. The molecule has 0 spiro atoms. The van der Waals surface area contributed by atoms with Gasteiger partial charge in [-0.2, -0.15) is 0 Å². The number of anilines is 1. The van der Waals surface area contributed by atoms with Crippen LogP contribution in [-0.2, 0) is 0 Å². The van der Waals surface area contributed by atoms with Gasteiger partial charge in [0.05, 0.1) is 6.61 Å². The molecule has 0 amide bonds. The van der Waals surface area contributed by atoms with E-state index in [1.54, 1.807) is 13.0 Å². The number of hydrogen-bond acceptors (Lipinski definition) is 5. The fraction of sp³-hybridized carbons (Fsp3) is 0.231. The van der Waals surface area contributed by atoms with Crippen LogP contribution in [0.15, 0.2) is 39.1 Å². The molecule has 19 heavy (non-hydrogen) atoms. The van der Waals surface area contributed by atoms with Crippen LogP contribution in [0.2, 0.25) is 0 Å². The molecule has 0 saturated heterocycles. The van der Waals surface area contributed by atoms with Crippen LogP contribution in [-0.4, -0.2) is 16.6 Å². The first kappa shape index (κ1) is 13.5. The quantitative estimate of drug-likeness (QED) is 0.661. The molecule has 0 fully saturated rings. The molecule has 0 bridgehead atoms. The summed E-state index contributed by atoms with van der Waals surface area (Å²) in [7, 11) is 0. The van der Waals surface area contributed by atoms with Gasteiger partial charge in [-0.15, -0.1) is 0 Å². The van der Waals surface area contributed by atoms with E-state index in [0.717, 1.165) is 4.90 Å². The average Bonchev–Trinajstić information content (AvgIpc) is 2.26. The lowest BCUT2D eigenvalue weighted by Gasteiger charge is -2.07. The highest BCUT2D eigenvalue weighted by Gasteiger charge is 2.05. The van der Waals surface area contributed by atoms with Crippen LogP contribution in [0.3, 0.4) is 0 Å². The summed E-state index contributed by atoms with van der Waals surface area (Å²) in [5, 5.41) is 0.540. The fourth-order valence-corrected chi connectivity index (χ4v) is 2.55. The Kier molecular flexibility index (Phi) is 4.11. The van der Waals surface area contributed by atoms with Gasteiger partial charge in [0.15, 0.2) is 5.16 Å². The van der Waals surface area contributed by atoms with E-state index in [0.29, 0.717) is 28.9 Å². The lowest BCUT2D eigenvalue weighted by molar-refractivity contribution is 0.339. The van der Waals surface area contributed by atoms with Crippen molar-refractivity contribution in [1.29, 1.82) is 0 Å². The molecule has 0 atom stereocenters. The monoisotopic (exact) mass is 277 g/mol. The largest absolute Gasteiger partial charge is 0.494 e. The van der Waals surface area contributed by atoms with Crippen molar-refractivity contribution < 1.29 is 4.74 Å². The van der Waals surface area contributed by atoms with Gasteiger partial charge >= 0.3 is 0 Å². The molecule has 0 aliphatic heterocycles. The summed E-state index contributed by atoms with van der Waals surface area (Å²) < 4.78 is 5.43. The molecule has 0 aliphatic rings. The van der Waals surface area contributed by atoms with Gasteiger partial charge in [-0.05, 0) is 26.0 Å². The number of aromatic amines is 1. The maximum Gasteiger partial charge on any atom is 0.251 e. The maximum absolute atomic E-state index is 11.4. The van der Waals surface area contributed by atoms with Crippen LogP contribution in [0.4, 0.5) is 5.69 Å². The minimum atomic E-state index is -0.163. The van der Waals surface area contributed by atoms with Gasteiger partial charge in [-0.3, -0.25) is 4.79 Å². The van der Waals surface area contributed by atoms with Gasteiger partial charge in [0, 0.05) is 28.4 Å². The topological polar surface area (TPSA) is 81.0 Å². The molecule has 0 unspecified atom stereocenters. The van der Waals surface area contributed by atoms with Gasteiger partial charge in [0.25, 0.3) is 5.56 Å². The van der Waals surface area contributed by atoms with Crippen molar-refractivity contribution in [2.75, 3.05) is 12.3 Å². The fourth-order valence-electron chi connectivity index (χ4n) is 1.61. The zero-order valence-corrected chi connectivity index (χ0v) is 11.6. The summed E-state index contributed by atoms with van der Waals surface area (Å²) in [5.41, 5.74) is 6.95. The predicted molar refractivity (Wildman–Crippen MR) is 75.7 cm³/mol. The Labute approximate surface area is 115 Å². The third kappa shape index (κ3) is 3.75. The van der Waals surface area contributed by atoms with Crippen molar-refractivity contribution >= 4 is 17.4 Å². The van der Waals surface area contributed by atoms with E-state index in [1.165, 1.54) is 17.8 Å². The second kappa shape index (κ2) is 5.79. The van der Waals surface area contributed by atoms with Crippen molar-refractivity contribution in [2.45, 2.75) is 23.9 Å². The second-order valence-corrected chi connectivity index (χ2v) is 5.03. The number of rotatable bonds is 4. The molecule has 0 saturated carbocycles. The predicted octanol–water partition coefficient (Wildman–Crippen LogP) is 2.21. The number of ether oxygens (including phenoxy) is 1. The number of H-pyrrole nitrogens is 1. The zero-order chi connectivity index (χ0) is 13.8. The van der Waals surface area contributed by atoms with Crippen molar-refractivity contribution in [3.8, 4) is 5.75 Å². The van der Waals surface area contributed by atoms with E-state index in [2.05, 4.69) is 9.97 Å². The summed E-state index contributed by atoms with van der Waals surface area (Å²) in [5.74, 6) is 0.708. The van der Waals surface area contributed by atoms with Gasteiger partial charge in [-0.1, -0.05) is 11.8 Å². The Balaban J connectivity index is 2.29. The summed E-state index contributed by atoms with van der Waals surface area (Å²) in [6, 6.07) is 6.90. The van der Waals surface area contributed by atoms with E-state index in [1.807, 2.05) is 19.1 Å². The maximum atomic E-state index is 11.4. The van der Waals surface area contributed by atoms with Crippen LogP contribution in [0.1, 0.15) is 12.6 Å². The van der Waals surface area contributed by atoms with Crippen LogP contribution < -0.4 is 16.0 Å². The van der Waals surface area contributed by atoms with Gasteiger partial charge < -0.3 is 15.5 Å². The van der Waals surface area contributed by atoms with Crippen LogP contribution in [0, 0.1) is 6.92 Å². The van der Waals surface area contributed by atoms with Gasteiger partial charge in [0.1, 0.15) is 5.75 Å². The highest BCUT2D eigenvalue weighted by Crippen LogP contribution is 2.30. The number of nitrogens with one attached hydrogen (secondary N) is 1. The van der Waals surface area contributed by atoms with E-state index in [9.17, 15) is 4.79 Å². The van der Waals surface area contributed by atoms with Crippen molar-refractivity contribution in [1.82, 2.24) is 9.97 Å². The minimum absolute atomic E-state index is 0.163. The Morgan fingerprint density at radius 1 is 1.37 bits per heavy atom. The highest BCUT2D eigenvalue weighted by molar-refractivity contribution is 7.99. The molecule has 0 aliphatic carbocycles. The highest BCUT2D eigenvalue weighted by atomic mass is 32.2. The standard InChI is InChI=1S/C13H15N3O2S/c1-3-18-10-5-9(14)6-11(7-10)19-13-15-8(2)4-12(17)16-13/h4-7H,3,14H2,1-2H3,(H,15,16,17). The second-order valence-electron chi connectivity index (χ2n) is 3.96. The van der Waals surface area contributed by atoms with Crippen molar-refractivity contribution in [3.63, 3.8) is 0 Å². The first-order valence-electron chi connectivity index (χ1n) is 5.86. The number of aromatic nitrogens is 2. The SMILES string of the molecule is CCOc1cc(N)cc(Sc2nc(C)cc(=O)[nH]2)c1. The number of nitrogens with zero attached hydrogens (tertiary/aromatic N) is 1. The Morgan fingerprint density at radius 2 is 2.16 bits per heavy atom.